The fraction of sp³-hybridized carbons (Fsp3) is 0.308. The number of amides is 1. The second-order valence-corrected chi connectivity index (χ2v) is 9.12. The van der Waals surface area contributed by atoms with Crippen molar-refractivity contribution in [3.8, 4) is 5.75 Å². The highest BCUT2D eigenvalue weighted by Crippen LogP contribution is 2.34. The van der Waals surface area contributed by atoms with E-state index in [-0.39, 0.29) is 23.7 Å². The molecular formula is C26H27ClN4O3. The van der Waals surface area contributed by atoms with E-state index < -0.39 is 0 Å². The Balaban J connectivity index is 1.31. The van der Waals surface area contributed by atoms with Crippen LogP contribution in [0.1, 0.15) is 30.7 Å². The van der Waals surface area contributed by atoms with Crippen molar-refractivity contribution in [2.75, 3.05) is 31.1 Å². The Bertz CT molecular complexity index is 1150. The molecule has 34 heavy (non-hydrogen) atoms. The van der Waals surface area contributed by atoms with Gasteiger partial charge in [-0.05, 0) is 61.0 Å². The Morgan fingerprint density at radius 3 is 2.41 bits per heavy atom. The van der Waals surface area contributed by atoms with Crippen LogP contribution in [0.4, 0.5) is 5.69 Å². The third-order valence-electron chi connectivity index (χ3n) is 6.62. The van der Waals surface area contributed by atoms with Gasteiger partial charge in [-0.15, -0.1) is 0 Å². The molecule has 2 unspecified atom stereocenters. The third kappa shape index (κ3) is 4.54. The standard InChI is InChI=1S/C26H27ClN4O3/c1-18(29-12-14-30(15-13-29)21-8-10-22(32)11-9-21)26(33)31-24(25-3-2-16-34-25)17-23(28-31)19-4-6-20(27)7-5-19/h2-11,16,18,24,32H,12-15,17H2,1H3. The van der Waals surface area contributed by atoms with Crippen molar-refractivity contribution in [3.63, 3.8) is 0 Å². The quantitative estimate of drug-likeness (QED) is 0.583. The fourth-order valence-corrected chi connectivity index (χ4v) is 4.74. The Kier molecular flexibility index (Phi) is 6.30. The second-order valence-electron chi connectivity index (χ2n) is 8.69. The van der Waals surface area contributed by atoms with Crippen molar-refractivity contribution in [2.45, 2.75) is 25.4 Å². The number of furan rings is 1. The first-order valence-corrected chi connectivity index (χ1v) is 11.9. The molecule has 1 fully saturated rings. The molecule has 2 atom stereocenters. The monoisotopic (exact) mass is 478 g/mol. The minimum atomic E-state index is -0.312. The summed E-state index contributed by atoms with van der Waals surface area (Å²) in [4.78, 5) is 18.1. The van der Waals surface area contributed by atoms with Crippen LogP contribution in [0.3, 0.4) is 0 Å². The molecule has 1 N–H and O–H groups in total. The zero-order valence-electron chi connectivity index (χ0n) is 19.0. The van der Waals surface area contributed by atoms with E-state index in [1.165, 1.54) is 0 Å². The SMILES string of the molecule is CC(C(=O)N1N=C(c2ccc(Cl)cc2)CC1c1ccco1)N1CCN(c2ccc(O)cc2)CC1. The Morgan fingerprint density at radius 2 is 1.76 bits per heavy atom. The number of nitrogens with zero attached hydrogens (tertiary/aromatic N) is 4. The fourth-order valence-electron chi connectivity index (χ4n) is 4.61. The molecule has 7 nitrogen and oxygen atoms in total. The van der Waals surface area contributed by atoms with Crippen molar-refractivity contribution in [1.82, 2.24) is 9.91 Å². The molecule has 5 rings (SSSR count). The number of phenolic OH excluding ortho intramolecular Hbond substituents is 1. The van der Waals surface area contributed by atoms with Gasteiger partial charge >= 0.3 is 0 Å². The number of hydrazone groups is 1. The third-order valence-corrected chi connectivity index (χ3v) is 6.87. The van der Waals surface area contributed by atoms with E-state index in [0.29, 0.717) is 11.4 Å². The number of carbonyl (C=O) groups excluding carboxylic acids is 1. The molecule has 176 valence electrons. The van der Waals surface area contributed by atoms with Crippen LogP contribution in [0, 0.1) is 0 Å². The van der Waals surface area contributed by atoms with Crippen LogP contribution in [0.5, 0.6) is 5.75 Å². The predicted octanol–water partition coefficient (Wildman–Crippen LogP) is 4.53. The van der Waals surface area contributed by atoms with Gasteiger partial charge in [0.15, 0.2) is 0 Å². The molecule has 3 heterocycles. The lowest BCUT2D eigenvalue weighted by molar-refractivity contribution is -0.138. The van der Waals surface area contributed by atoms with Crippen LogP contribution in [-0.4, -0.2) is 58.9 Å². The molecule has 3 aromatic rings. The molecule has 0 bridgehead atoms. The first-order chi connectivity index (χ1) is 16.5. The van der Waals surface area contributed by atoms with Crippen molar-refractivity contribution in [1.29, 1.82) is 0 Å². The molecule has 0 saturated carbocycles. The second kappa shape index (κ2) is 9.52. The van der Waals surface area contributed by atoms with Crippen LogP contribution >= 0.6 is 11.6 Å². The van der Waals surface area contributed by atoms with Gasteiger partial charge < -0.3 is 14.4 Å². The van der Waals surface area contributed by atoms with Gasteiger partial charge in [-0.2, -0.15) is 5.10 Å². The first-order valence-electron chi connectivity index (χ1n) is 11.5. The average molecular weight is 479 g/mol. The van der Waals surface area contributed by atoms with Gasteiger partial charge in [0.25, 0.3) is 5.91 Å². The van der Waals surface area contributed by atoms with E-state index in [0.717, 1.165) is 48.9 Å². The number of aromatic hydroxyl groups is 1. The summed E-state index contributed by atoms with van der Waals surface area (Å²) >= 11 is 6.05. The summed E-state index contributed by atoms with van der Waals surface area (Å²) in [5, 5.41) is 16.5. The number of rotatable bonds is 5. The van der Waals surface area contributed by atoms with Crippen molar-refractivity contribution >= 4 is 28.9 Å². The molecule has 1 saturated heterocycles. The van der Waals surface area contributed by atoms with E-state index in [9.17, 15) is 9.90 Å². The first kappa shape index (κ1) is 22.5. The molecule has 0 aliphatic carbocycles. The number of anilines is 1. The number of hydrogen-bond acceptors (Lipinski definition) is 6. The van der Waals surface area contributed by atoms with E-state index in [4.69, 9.17) is 21.1 Å². The molecule has 2 aliphatic rings. The molecule has 1 aromatic heterocycles. The summed E-state index contributed by atoms with van der Waals surface area (Å²) in [6.45, 7) is 5.10. The predicted molar refractivity (Wildman–Crippen MR) is 132 cm³/mol. The van der Waals surface area contributed by atoms with Crippen molar-refractivity contribution < 1.29 is 14.3 Å². The highest BCUT2D eigenvalue weighted by molar-refractivity contribution is 6.30. The topological polar surface area (TPSA) is 72.5 Å². The Labute approximate surface area is 203 Å². The number of phenols is 1. The average Bonchev–Trinajstić information content (AvgIpc) is 3.55. The molecule has 8 heteroatoms. The summed E-state index contributed by atoms with van der Waals surface area (Å²) in [6, 6.07) is 17.9. The maximum atomic E-state index is 13.6. The molecule has 2 aromatic carbocycles. The summed E-state index contributed by atoms with van der Waals surface area (Å²) < 4.78 is 5.67. The zero-order chi connectivity index (χ0) is 23.7. The van der Waals surface area contributed by atoms with E-state index >= 15 is 0 Å². The van der Waals surface area contributed by atoms with Gasteiger partial charge in [-0.3, -0.25) is 9.69 Å². The van der Waals surface area contributed by atoms with Crippen LogP contribution in [0.15, 0.2) is 76.4 Å². The lowest BCUT2D eigenvalue weighted by Crippen LogP contribution is -2.54. The number of halogens is 1. The summed E-state index contributed by atoms with van der Waals surface area (Å²) in [6.07, 6.45) is 2.21. The molecule has 2 aliphatic heterocycles. The zero-order valence-corrected chi connectivity index (χ0v) is 19.7. The van der Waals surface area contributed by atoms with Gasteiger partial charge in [0, 0.05) is 43.3 Å². The van der Waals surface area contributed by atoms with Crippen LogP contribution in [0.2, 0.25) is 5.02 Å². The van der Waals surface area contributed by atoms with Crippen LogP contribution in [-0.2, 0) is 4.79 Å². The number of benzene rings is 2. The van der Waals surface area contributed by atoms with Crippen molar-refractivity contribution in [3.05, 3.63) is 83.3 Å². The van der Waals surface area contributed by atoms with Crippen LogP contribution < -0.4 is 4.90 Å². The van der Waals surface area contributed by atoms with Gasteiger partial charge in [0.1, 0.15) is 17.6 Å². The lowest BCUT2D eigenvalue weighted by atomic mass is 10.0. The number of piperazine rings is 1. The molecular weight excluding hydrogens is 452 g/mol. The van der Waals surface area contributed by atoms with Gasteiger partial charge in [-0.25, -0.2) is 5.01 Å². The Morgan fingerprint density at radius 1 is 1.06 bits per heavy atom. The molecule has 0 radical (unpaired) electrons. The normalized spacial score (nSPS) is 19.8. The molecule has 0 spiro atoms. The smallest absolute Gasteiger partial charge is 0.260 e. The summed E-state index contributed by atoms with van der Waals surface area (Å²) in [7, 11) is 0. The van der Waals surface area contributed by atoms with Gasteiger partial charge in [0.05, 0.1) is 18.0 Å². The van der Waals surface area contributed by atoms with Gasteiger partial charge in [0.2, 0.25) is 0 Å². The Hall–Kier alpha value is -3.29. The minimum Gasteiger partial charge on any atom is -0.508 e. The van der Waals surface area contributed by atoms with E-state index in [1.807, 2.05) is 55.5 Å². The van der Waals surface area contributed by atoms with Crippen molar-refractivity contribution in [2.24, 2.45) is 5.10 Å². The maximum absolute atomic E-state index is 13.6. The summed E-state index contributed by atoms with van der Waals surface area (Å²) in [5.41, 5.74) is 2.87. The number of hydrogen-bond donors (Lipinski definition) is 1. The maximum Gasteiger partial charge on any atom is 0.260 e. The largest absolute Gasteiger partial charge is 0.508 e. The highest BCUT2D eigenvalue weighted by atomic mass is 35.5. The number of carbonyl (C=O) groups is 1. The van der Waals surface area contributed by atoms with Gasteiger partial charge in [-0.1, -0.05) is 23.7 Å². The lowest BCUT2D eigenvalue weighted by Gasteiger charge is -2.39. The summed E-state index contributed by atoms with van der Waals surface area (Å²) in [5.74, 6) is 0.950. The van der Waals surface area contributed by atoms with E-state index in [2.05, 4.69) is 9.80 Å². The van der Waals surface area contributed by atoms with Crippen LogP contribution in [0.25, 0.3) is 0 Å². The highest BCUT2D eigenvalue weighted by Gasteiger charge is 2.38. The minimum absolute atomic E-state index is 0.0385. The van der Waals surface area contributed by atoms with E-state index in [1.54, 1.807) is 23.4 Å². The molecule has 1 amide bonds.